The number of piperidine rings is 1. The summed E-state index contributed by atoms with van der Waals surface area (Å²) in [7, 11) is -3.01. The van der Waals surface area contributed by atoms with E-state index in [4.69, 9.17) is 10.5 Å². The Kier molecular flexibility index (Phi) is 6.62. The van der Waals surface area contributed by atoms with Gasteiger partial charge in [0.2, 0.25) is 5.91 Å². The lowest BCUT2D eigenvalue weighted by Crippen LogP contribution is -2.42. The molecule has 1 fully saturated rings. The maximum absolute atomic E-state index is 12.5. The first-order valence-electron chi connectivity index (χ1n) is 8.24. The highest BCUT2D eigenvalue weighted by molar-refractivity contribution is 7.90. The van der Waals surface area contributed by atoms with Crippen LogP contribution in [0.25, 0.3) is 0 Å². The highest BCUT2D eigenvalue weighted by Gasteiger charge is 2.26. The van der Waals surface area contributed by atoms with Crippen molar-refractivity contribution in [3.05, 3.63) is 29.8 Å². The third-order valence-corrected chi connectivity index (χ3v) is 5.13. The minimum atomic E-state index is -3.01. The Balaban J connectivity index is 1.94. The van der Waals surface area contributed by atoms with Gasteiger partial charge in [-0.3, -0.25) is 4.79 Å². The average molecular weight is 354 g/mol. The number of likely N-dealkylation sites (tertiary alicyclic amines) is 1. The molecule has 1 amide bonds. The van der Waals surface area contributed by atoms with E-state index in [-0.39, 0.29) is 17.6 Å². The van der Waals surface area contributed by atoms with E-state index in [1.165, 1.54) is 6.26 Å². The summed E-state index contributed by atoms with van der Waals surface area (Å²) in [6.07, 6.45) is 3.26. The minimum absolute atomic E-state index is 0.0316. The first-order valence-corrected chi connectivity index (χ1v) is 10.3. The van der Waals surface area contributed by atoms with Gasteiger partial charge in [-0.15, -0.1) is 0 Å². The van der Waals surface area contributed by atoms with Crippen molar-refractivity contribution in [3.8, 4) is 5.75 Å². The number of nitrogens with zero attached hydrogens (tertiary/aromatic N) is 1. The van der Waals surface area contributed by atoms with Crippen molar-refractivity contribution in [3.63, 3.8) is 0 Å². The number of hydrogen-bond donors (Lipinski definition) is 1. The molecular formula is C17H26N2O4S. The summed E-state index contributed by atoms with van der Waals surface area (Å²) in [5.74, 6) is 0.930. The molecule has 2 rings (SSSR count). The van der Waals surface area contributed by atoms with Crippen molar-refractivity contribution >= 4 is 15.7 Å². The van der Waals surface area contributed by atoms with Crippen molar-refractivity contribution in [1.82, 2.24) is 4.90 Å². The molecule has 0 aliphatic carbocycles. The Labute approximate surface area is 143 Å². The highest BCUT2D eigenvalue weighted by atomic mass is 32.2. The molecular weight excluding hydrogens is 328 g/mol. The van der Waals surface area contributed by atoms with E-state index >= 15 is 0 Å². The van der Waals surface area contributed by atoms with E-state index in [1.807, 2.05) is 24.3 Å². The maximum Gasteiger partial charge on any atom is 0.227 e. The van der Waals surface area contributed by atoms with Gasteiger partial charge >= 0.3 is 0 Å². The Morgan fingerprint density at radius 1 is 1.42 bits per heavy atom. The number of nitrogens with two attached hydrogens (primary N) is 1. The number of amides is 1. The van der Waals surface area contributed by atoms with E-state index < -0.39 is 9.84 Å². The fourth-order valence-electron chi connectivity index (χ4n) is 3.06. The zero-order valence-electron chi connectivity index (χ0n) is 14.1. The van der Waals surface area contributed by atoms with Crippen LogP contribution in [0.2, 0.25) is 0 Å². The molecule has 0 radical (unpaired) electrons. The Morgan fingerprint density at radius 3 is 2.92 bits per heavy atom. The Hall–Kier alpha value is -1.60. The lowest BCUT2D eigenvalue weighted by Gasteiger charge is -2.32. The molecule has 6 nitrogen and oxygen atoms in total. The lowest BCUT2D eigenvalue weighted by atomic mass is 9.99. The van der Waals surface area contributed by atoms with Gasteiger partial charge in [0.15, 0.2) is 0 Å². The number of hydrogen-bond acceptors (Lipinski definition) is 5. The van der Waals surface area contributed by atoms with Crippen molar-refractivity contribution < 1.29 is 17.9 Å². The van der Waals surface area contributed by atoms with Crippen LogP contribution >= 0.6 is 0 Å². The van der Waals surface area contributed by atoms with Gasteiger partial charge in [-0.05, 0) is 36.5 Å². The summed E-state index contributed by atoms with van der Waals surface area (Å²) in [5.41, 5.74) is 6.31. The van der Waals surface area contributed by atoms with Gasteiger partial charge in [-0.25, -0.2) is 8.42 Å². The van der Waals surface area contributed by atoms with E-state index in [1.54, 1.807) is 4.90 Å². The predicted octanol–water partition coefficient (Wildman–Crippen LogP) is 0.850. The second kappa shape index (κ2) is 8.48. The van der Waals surface area contributed by atoms with E-state index in [9.17, 15) is 13.2 Å². The van der Waals surface area contributed by atoms with Crippen LogP contribution < -0.4 is 10.5 Å². The van der Waals surface area contributed by atoms with Crippen molar-refractivity contribution in [2.24, 2.45) is 11.7 Å². The normalized spacial score (nSPS) is 18.4. The minimum Gasteiger partial charge on any atom is -0.492 e. The third kappa shape index (κ3) is 6.13. The summed E-state index contributed by atoms with van der Waals surface area (Å²) in [5, 5.41) is 0. The molecule has 1 heterocycles. The van der Waals surface area contributed by atoms with Crippen LogP contribution in [-0.4, -0.2) is 57.5 Å². The second-order valence-electron chi connectivity index (χ2n) is 6.40. The smallest absolute Gasteiger partial charge is 0.227 e. The van der Waals surface area contributed by atoms with Gasteiger partial charge in [-0.1, -0.05) is 12.1 Å². The fourth-order valence-corrected chi connectivity index (χ4v) is 4.19. The molecule has 0 spiro atoms. The molecule has 0 aromatic heterocycles. The zero-order valence-corrected chi connectivity index (χ0v) is 14.9. The summed E-state index contributed by atoms with van der Waals surface area (Å²) in [6.45, 7) is 2.10. The standard InChI is InChI=1S/C17H26N2O4S/c1-24(21,22)13-15-5-3-8-19(12-15)17(20)11-14-4-2-6-16(10-14)23-9-7-18/h2,4,6,10,15H,3,5,7-9,11-13,18H2,1H3/t15-/m1/s1. The summed E-state index contributed by atoms with van der Waals surface area (Å²) in [4.78, 5) is 14.3. The number of benzene rings is 1. The molecule has 7 heteroatoms. The van der Waals surface area contributed by atoms with E-state index in [2.05, 4.69) is 0 Å². The molecule has 1 aromatic carbocycles. The molecule has 0 unspecified atom stereocenters. The van der Waals surface area contributed by atoms with Gasteiger partial charge in [-0.2, -0.15) is 0 Å². The molecule has 2 N–H and O–H groups in total. The second-order valence-corrected chi connectivity index (χ2v) is 8.59. The highest BCUT2D eigenvalue weighted by Crippen LogP contribution is 2.20. The predicted molar refractivity (Wildman–Crippen MR) is 93.7 cm³/mol. The van der Waals surface area contributed by atoms with Crippen molar-refractivity contribution in [2.75, 3.05) is 38.2 Å². The van der Waals surface area contributed by atoms with Gasteiger partial charge < -0.3 is 15.4 Å². The van der Waals surface area contributed by atoms with Gasteiger partial charge in [0.25, 0.3) is 0 Å². The topological polar surface area (TPSA) is 89.7 Å². The van der Waals surface area contributed by atoms with E-state index in [0.717, 1.165) is 18.4 Å². The number of carbonyl (C=O) groups excluding carboxylic acids is 1. The zero-order chi connectivity index (χ0) is 17.6. The van der Waals surface area contributed by atoms with Crippen LogP contribution in [0.1, 0.15) is 18.4 Å². The summed E-state index contributed by atoms with van der Waals surface area (Å²) >= 11 is 0. The van der Waals surface area contributed by atoms with Gasteiger partial charge in [0, 0.05) is 25.9 Å². The first-order chi connectivity index (χ1) is 11.4. The fraction of sp³-hybridized carbons (Fsp3) is 0.588. The average Bonchev–Trinajstić information content (AvgIpc) is 2.52. The Bertz CT molecular complexity index is 660. The van der Waals surface area contributed by atoms with Crippen LogP contribution in [0.3, 0.4) is 0 Å². The molecule has 1 atom stereocenters. The summed E-state index contributed by atoms with van der Waals surface area (Å²) < 4.78 is 28.4. The maximum atomic E-state index is 12.5. The molecule has 0 saturated carbocycles. The number of rotatable bonds is 7. The van der Waals surface area contributed by atoms with Gasteiger partial charge in [0.1, 0.15) is 22.2 Å². The third-order valence-electron chi connectivity index (χ3n) is 4.05. The molecule has 0 bridgehead atoms. The number of carbonyl (C=O) groups is 1. The largest absolute Gasteiger partial charge is 0.492 e. The number of sulfone groups is 1. The van der Waals surface area contributed by atoms with E-state index in [0.29, 0.717) is 38.4 Å². The molecule has 1 aliphatic rings. The SMILES string of the molecule is CS(=O)(=O)C[C@@H]1CCCN(C(=O)Cc2cccc(OCCN)c2)C1. The van der Waals surface area contributed by atoms with Crippen LogP contribution in [-0.2, 0) is 21.1 Å². The number of ether oxygens (including phenoxy) is 1. The first kappa shape index (κ1) is 18.7. The molecule has 1 aliphatic heterocycles. The van der Waals surface area contributed by atoms with Crippen molar-refractivity contribution in [1.29, 1.82) is 0 Å². The monoisotopic (exact) mass is 354 g/mol. The van der Waals surface area contributed by atoms with Crippen LogP contribution in [0.4, 0.5) is 0 Å². The Morgan fingerprint density at radius 2 is 2.21 bits per heavy atom. The molecule has 24 heavy (non-hydrogen) atoms. The van der Waals surface area contributed by atoms with Crippen LogP contribution in [0.5, 0.6) is 5.75 Å². The van der Waals surface area contributed by atoms with Crippen LogP contribution in [0.15, 0.2) is 24.3 Å². The van der Waals surface area contributed by atoms with Crippen molar-refractivity contribution in [2.45, 2.75) is 19.3 Å². The summed E-state index contributed by atoms with van der Waals surface area (Å²) in [6, 6.07) is 7.44. The van der Waals surface area contributed by atoms with Crippen LogP contribution in [0, 0.1) is 5.92 Å². The quantitative estimate of drug-likeness (QED) is 0.784. The lowest BCUT2D eigenvalue weighted by molar-refractivity contribution is -0.132. The van der Waals surface area contributed by atoms with Gasteiger partial charge in [0.05, 0.1) is 12.2 Å². The molecule has 134 valence electrons. The molecule has 1 saturated heterocycles. The molecule has 1 aromatic rings.